The summed E-state index contributed by atoms with van der Waals surface area (Å²) in [5.41, 5.74) is 5.60. The lowest BCUT2D eigenvalue weighted by Gasteiger charge is -2.35. The highest BCUT2D eigenvalue weighted by Crippen LogP contribution is 2.39. The van der Waals surface area contributed by atoms with Crippen LogP contribution in [0.15, 0.2) is 22.7 Å². The fourth-order valence-corrected chi connectivity index (χ4v) is 3.66. The van der Waals surface area contributed by atoms with Crippen molar-refractivity contribution in [2.24, 2.45) is 0 Å². The van der Waals surface area contributed by atoms with E-state index in [1.807, 2.05) is 12.1 Å². The summed E-state index contributed by atoms with van der Waals surface area (Å²) in [6, 6.07) is 5.59. The normalized spacial score (nSPS) is 18.5. The van der Waals surface area contributed by atoms with Crippen LogP contribution in [0, 0.1) is 0 Å². The van der Waals surface area contributed by atoms with Gasteiger partial charge in [-0.05, 0) is 50.3 Å². The van der Waals surface area contributed by atoms with Crippen LogP contribution in [-0.4, -0.2) is 22.8 Å². The molecule has 0 spiro atoms. The quantitative estimate of drug-likeness (QED) is 0.635. The van der Waals surface area contributed by atoms with E-state index in [1.54, 1.807) is 13.2 Å². The van der Waals surface area contributed by atoms with E-state index in [0.717, 1.165) is 31.2 Å². The number of alkyl halides is 3. The Morgan fingerprint density at radius 3 is 2.65 bits per heavy atom. The Hall–Kier alpha value is -1.93. The molecule has 5 nitrogen and oxygen atoms in total. The van der Waals surface area contributed by atoms with Gasteiger partial charge in [0.2, 0.25) is 5.82 Å². The SMILES string of the molecule is CONC(C)(C)C1CCCCc2cc(-c3noc(C(F)(F)F)n3)ccc21. The molecule has 1 aromatic heterocycles. The van der Waals surface area contributed by atoms with Crippen LogP contribution >= 0.6 is 0 Å². The molecule has 1 unspecified atom stereocenters. The Labute approximate surface area is 149 Å². The van der Waals surface area contributed by atoms with Crippen molar-refractivity contribution < 1.29 is 22.5 Å². The average Bonchev–Trinajstić information content (AvgIpc) is 2.96. The monoisotopic (exact) mass is 369 g/mol. The Morgan fingerprint density at radius 1 is 1.23 bits per heavy atom. The Morgan fingerprint density at radius 2 is 2.00 bits per heavy atom. The number of nitrogens with zero attached hydrogens (tertiary/aromatic N) is 2. The molecular weight excluding hydrogens is 347 g/mol. The molecule has 142 valence electrons. The standard InChI is InChI=1S/C18H22F3N3O2/c1-17(2,24-25-3)14-7-5-4-6-11-10-12(8-9-13(11)14)15-22-16(26-23-15)18(19,20)21/h8-10,14,24H,4-7H2,1-3H3. The van der Waals surface area contributed by atoms with Crippen LogP contribution in [0.25, 0.3) is 11.4 Å². The molecule has 3 rings (SSSR count). The van der Waals surface area contributed by atoms with Gasteiger partial charge in [0.15, 0.2) is 0 Å². The largest absolute Gasteiger partial charge is 0.471 e. The van der Waals surface area contributed by atoms with E-state index in [1.165, 1.54) is 5.56 Å². The van der Waals surface area contributed by atoms with E-state index in [-0.39, 0.29) is 17.3 Å². The zero-order valence-electron chi connectivity index (χ0n) is 15.0. The number of nitrogens with one attached hydrogen (secondary N) is 1. The minimum atomic E-state index is -4.64. The van der Waals surface area contributed by atoms with Crippen LogP contribution in [0.4, 0.5) is 13.2 Å². The number of rotatable bonds is 4. The molecule has 1 aliphatic rings. The summed E-state index contributed by atoms with van der Waals surface area (Å²) in [5, 5.41) is 3.48. The minimum Gasteiger partial charge on any atom is -0.329 e. The number of aromatic nitrogens is 2. The molecule has 0 saturated heterocycles. The van der Waals surface area contributed by atoms with Crippen LogP contribution in [-0.2, 0) is 17.4 Å². The average molecular weight is 369 g/mol. The summed E-state index contributed by atoms with van der Waals surface area (Å²) in [6.07, 6.45) is -0.666. The van der Waals surface area contributed by atoms with Crippen molar-refractivity contribution in [2.45, 2.75) is 57.2 Å². The molecule has 0 bridgehead atoms. The lowest BCUT2D eigenvalue weighted by molar-refractivity contribution is -0.159. The third-order valence-electron chi connectivity index (χ3n) is 4.87. The lowest BCUT2D eigenvalue weighted by Crippen LogP contribution is -2.44. The maximum Gasteiger partial charge on any atom is 0.471 e. The van der Waals surface area contributed by atoms with Crippen molar-refractivity contribution in [1.29, 1.82) is 0 Å². The molecule has 0 radical (unpaired) electrons. The summed E-state index contributed by atoms with van der Waals surface area (Å²) in [4.78, 5) is 8.64. The molecule has 0 saturated carbocycles. The maximum atomic E-state index is 12.7. The van der Waals surface area contributed by atoms with E-state index in [0.29, 0.717) is 5.56 Å². The maximum absolute atomic E-state index is 12.7. The van der Waals surface area contributed by atoms with Gasteiger partial charge in [0.05, 0.1) is 7.11 Å². The van der Waals surface area contributed by atoms with Gasteiger partial charge in [0, 0.05) is 17.0 Å². The number of hydrogen-bond acceptors (Lipinski definition) is 5. The first-order valence-corrected chi connectivity index (χ1v) is 8.56. The highest BCUT2D eigenvalue weighted by molar-refractivity contribution is 5.58. The van der Waals surface area contributed by atoms with Gasteiger partial charge in [0.1, 0.15) is 0 Å². The molecule has 8 heteroatoms. The van der Waals surface area contributed by atoms with Crippen LogP contribution in [0.1, 0.15) is 56.0 Å². The molecule has 1 atom stereocenters. The number of halogens is 3. The van der Waals surface area contributed by atoms with Gasteiger partial charge in [-0.2, -0.15) is 23.6 Å². The first-order chi connectivity index (χ1) is 12.2. The fourth-order valence-electron chi connectivity index (χ4n) is 3.66. The van der Waals surface area contributed by atoms with E-state index in [2.05, 4.69) is 34.0 Å². The van der Waals surface area contributed by atoms with Crippen molar-refractivity contribution in [2.75, 3.05) is 7.11 Å². The highest BCUT2D eigenvalue weighted by atomic mass is 19.4. The molecule has 0 fully saturated rings. The number of hydroxylamine groups is 1. The third kappa shape index (κ3) is 3.76. The summed E-state index contributed by atoms with van der Waals surface area (Å²) in [6.45, 7) is 4.16. The van der Waals surface area contributed by atoms with Crippen LogP contribution in [0.2, 0.25) is 0 Å². The zero-order valence-corrected chi connectivity index (χ0v) is 15.0. The van der Waals surface area contributed by atoms with Crippen LogP contribution in [0.5, 0.6) is 0 Å². The first-order valence-electron chi connectivity index (χ1n) is 8.56. The van der Waals surface area contributed by atoms with Gasteiger partial charge in [-0.1, -0.05) is 23.7 Å². The molecule has 1 N–H and O–H groups in total. The summed E-state index contributed by atoms with van der Waals surface area (Å²) in [5.74, 6) is -1.15. The first kappa shape index (κ1) is 18.8. The lowest BCUT2D eigenvalue weighted by atomic mass is 9.78. The Kier molecular flexibility index (Phi) is 5.07. The van der Waals surface area contributed by atoms with Gasteiger partial charge in [-0.3, -0.25) is 0 Å². The Balaban J connectivity index is 1.97. The molecular formula is C18H22F3N3O2. The smallest absolute Gasteiger partial charge is 0.329 e. The Bertz CT molecular complexity index is 771. The number of fused-ring (bicyclic) bond motifs is 1. The van der Waals surface area contributed by atoms with Gasteiger partial charge in [-0.15, -0.1) is 0 Å². The van der Waals surface area contributed by atoms with Crippen molar-refractivity contribution >= 4 is 0 Å². The van der Waals surface area contributed by atoms with Crippen molar-refractivity contribution in [1.82, 2.24) is 15.6 Å². The second kappa shape index (κ2) is 7.00. The van der Waals surface area contributed by atoms with E-state index < -0.39 is 12.1 Å². The van der Waals surface area contributed by atoms with Gasteiger partial charge in [0.25, 0.3) is 0 Å². The second-order valence-electron chi connectivity index (χ2n) is 7.16. The summed E-state index contributed by atoms with van der Waals surface area (Å²) in [7, 11) is 1.59. The predicted molar refractivity (Wildman–Crippen MR) is 89.3 cm³/mol. The minimum absolute atomic E-state index is 0.0461. The van der Waals surface area contributed by atoms with Gasteiger partial charge >= 0.3 is 12.1 Å². The van der Waals surface area contributed by atoms with Crippen LogP contribution < -0.4 is 5.48 Å². The zero-order chi connectivity index (χ0) is 18.9. The topological polar surface area (TPSA) is 60.2 Å². The number of aryl methyl sites for hydroxylation is 1. The summed E-state index contributed by atoms with van der Waals surface area (Å²) >= 11 is 0. The molecule has 2 aromatic rings. The molecule has 26 heavy (non-hydrogen) atoms. The van der Waals surface area contributed by atoms with Crippen molar-refractivity contribution in [3.05, 3.63) is 35.2 Å². The predicted octanol–water partition coefficient (Wildman–Crippen LogP) is 4.50. The summed E-state index contributed by atoms with van der Waals surface area (Å²) < 4.78 is 42.4. The molecule has 1 aromatic carbocycles. The van der Waals surface area contributed by atoms with Crippen LogP contribution in [0.3, 0.4) is 0 Å². The number of hydrogen-bond donors (Lipinski definition) is 1. The number of benzene rings is 1. The van der Waals surface area contributed by atoms with E-state index >= 15 is 0 Å². The van der Waals surface area contributed by atoms with Crippen molar-refractivity contribution in [3.8, 4) is 11.4 Å². The molecule has 0 aliphatic heterocycles. The highest BCUT2D eigenvalue weighted by Gasteiger charge is 2.39. The van der Waals surface area contributed by atoms with Gasteiger partial charge in [-0.25, -0.2) is 0 Å². The third-order valence-corrected chi connectivity index (χ3v) is 4.87. The molecule has 1 aliphatic carbocycles. The fraction of sp³-hybridized carbons (Fsp3) is 0.556. The van der Waals surface area contributed by atoms with E-state index in [4.69, 9.17) is 4.84 Å². The van der Waals surface area contributed by atoms with Gasteiger partial charge < -0.3 is 9.36 Å². The molecule has 0 amide bonds. The second-order valence-corrected chi connectivity index (χ2v) is 7.16. The van der Waals surface area contributed by atoms with Crippen molar-refractivity contribution in [3.63, 3.8) is 0 Å². The molecule has 1 heterocycles. The van der Waals surface area contributed by atoms with E-state index in [9.17, 15) is 13.2 Å².